The van der Waals surface area contributed by atoms with Gasteiger partial charge in [-0.05, 0) is 42.2 Å². The number of cyclic esters (lactones) is 1. The van der Waals surface area contributed by atoms with E-state index in [9.17, 15) is 9.59 Å². The lowest BCUT2D eigenvalue weighted by Crippen LogP contribution is -2.28. The molecule has 2 atom stereocenters. The Hall–Kier alpha value is -2.30. The summed E-state index contributed by atoms with van der Waals surface area (Å²) < 4.78 is 4.91. The maximum absolute atomic E-state index is 13.2. The van der Waals surface area contributed by atoms with E-state index >= 15 is 0 Å². The molecule has 6 heteroatoms. The molecule has 2 aromatic rings. The van der Waals surface area contributed by atoms with Crippen molar-refractivity contribution in [3.05, 3.63) is 81.9 Å². The van der Waals surface area contributed by atoms with Crippen molar-refractivity contribution in [3.8, 4) is 0 Å². The Labute approximate surface area is 168 Å². The highest BCUT2D eigenvalue weighted by molar-refractivity contribution is 6.42. The maximum Gasteiger partial charge on any atom is 0.407 e. The van der Waals surface area contributed by atoms with Gasteiger partial charge >= 0.3 is 6.09 Å². The second-order valence-corrected chi connectivity index (χ2v) is 7.27. The van der Waals surface area contributed by atoms with Gasteiger partial charge in [-0.1, -0.05) is 53.5 Å². The summed E-state index contributed by atoms with van der Waals surface area (Å²) in [5.74, 6) is -0.399. The molecule has 1 heterocycles. The van der Waals surface area contributed by atoms with E-state index < -0.39 is 6.09 Å². The van der Waals surface area contributed by atoms with Gasteiger partial charge in [0, 0.05) is 5.56 Å². The minimum absolute atomic E-state index is 0.0122. The summed E-state index contributed by atoms with van der Waals surface area (Å²) >= 11 is 12.1. The first kappa shape index (κ1) is 19.5. The van der Waals surface area contributed by atoms with Crippen molar-refractivity contribution in [2.24, 2.45) is 0 Å². The van der Waals surface area contributed by atoms with Crippen LogP contribution in [0.25, 0.3) is 0 Å². The molecule has 1 aliphatic rings. The standard InChI is InChI=1S/C21H19Cl2NO3/c1-2-4-17(14-7-8-18(22)19(23)11-14)20(25)15-6-3-5-13(9-15)10-16-12-27-21(26)24-16/h2-3,5-9,11,16-17H,1,4,10,12H2,(H,24,26)/t16-,17-/m0/s1. The summed E-state index contributed by atoms with van der Waals surface area (Å²) in [6.45, 7) is 4.10. The van der Waals surface area contributed by atoms with E-state index in [-0.39, 0.29) is 17.7 Å². The van der Waals surface area contributed by atoms with Crippen LogP contribution < -0.4 is 5.32 Å². The van der Waals surface area contributed by atoms with E-state index in [1.165, 1.54) is 0 Å². The van der Waals surface area contributed by atoms with Crippen molar-refractivity contribution in [2.75, 3.05) is 6.61 Å². The van der Waals surface area contributed by atoms with Gasteiger partial charge in [-0.3, -0.25) is 4.79 Å². The predicted octanol–water partition coefficient (Wildman–Crippen LogP) is 5.19. The molecule has 1 amide bonds. The van der Waals surface area contributed by atoms with Crippen molar-refractivity contribution in [1.82, 2.24) is 5.32 Å². The molecule has 0 radical (unpaired) electrons. The van der Waals surface area contributed by atoms with Crippen molar-refractivity contribution in [3.63, 3.8) is 0 Å². The van der Waals surface area contributed by atoms with Gasteiger partial charge in [-0.25, -0.2) is 4.79 Å². The van der Waals surface area contributed by atoms with Gasteiger partial charge < -0.3 is 10.1 Å². The van der Waals surface area contributed by atoms with Gasteiger partial charge in [0.25, 0.3) is 0 Å². The minimum atomic E-state index is -0.405. The first-order valence-corrected chi connectivity index (χ1v) is 9.36. The van der Waals surface area contributed by atoms with Crippen LogP contribution in [0.15, 0.2) is 55.1 Å². The van der Waals surface area contributed by atoms with Crippen LogP contribution in [0.5, 0.6) is 0 Å². The molecule has 27 heavy (non-hydrogen) atoms. The Balaban J connectivity index is 1.83. The number of alkyl carbamates (subject to hydrolysis) is 1. The van der Waals surface area contributed by atoms with Gasteiger partial charge in [-0.15, -0.1) is 6.58 Å². The fraction of sp³-hybridized carbons (Fsp3) is 0.238. The number of rotatable bonds is 7. The van der Waals surface area contributed by atoms with Crippen LogP contribution in [0.3, 0.4) is 0 Å². The lowest BCUT2D eigenvalue weighted by molar-refractivity contribution is 0.0960. The molecular formula is C21H19Cl2NO3. The Morgan fingerprint density at radius 1 is 1.26 bits per heavy atom. The van der Waals surface area contributed by atoms with Crippen molar-refractivity contribution >= 4 is 35.1 Å². The number of ketones is 1. The Morgan fingerprint density at radius 2 is 2.07 bits per heavy atom. The highest BCUT2D eigenvalue weighted by Gasteiger charge is 2.24. The molecule has 0 saturated carbocycles. The molecule has 0 aliphatic carbocycles. The second-order valence-electron chi connectivity index (χ2n) is 6.46. The second kappa shape index (κ2) is 8.59. The van der Waals surface area contributed by atoms with Gasteiger partial charge in [0.15, 0.2) is 5.78 Å². The molecule has 1 N–H and O–H groups in total. The van der Waals surface area contributed by atoms with Crippen LogP contribution in [0.1, 0.15) is 33.8 Å². The number of benzene rings is 2. The van der Waals surface area contributed by atoms with E-state index in [2.05, 4.69) is 11.9 Å². The molecule has 0 unspecified atom stereocenters. The molecule has 1 saturated heterocycles. The number of carbonyl (C=O) groups excluding carboxylic acids is 2. The summed E-state index contributed by atoms with van der Waals surface area (Å²) in [4.78, 5) is 24.3. The Bertz CT molecular complexity index is 881. The molecule has 0 bridgehead atoms. The van der Waals surface area contributed by atoms with E-state index in [0.717, 1.165) is 11.1 Å². The minimum Gasteiger partial charge on any atom is -0.447 e. The summed E-state index contributed by atoms with van der Waals surface area (Å²) in [6, 6.07) is 12.6. The zero-order valence-corrected chi connectivity index (χ0v) is 16.1. The monoisotopic (exact) mass is 403 g/mol. The highest BCUT2D eigenvalue weighted by Crippen LogP contribution is 2.31. The van der Waals surface area contributed by atoms with Gasteiger partial charge in [0.1, 0.15) is 6.61 Å². The van der Waals surface area contributed by atoms with Gasteiger partial charge in [0.2, 0.25) is 0 Å². The number of nitrogens with one attached hydrogen (secondary N) is 1. The molecule has 1 fully saturated rings. The lowest BCUT2D eigenvalue weighted by atomic mass is 9.87. The summed E-state index contributed by atoms with van der Waals surface area (Å²) in [6.07, 6.45) is 2.41. The van der Waals surface area contributed by atoms with Gasteiger partial charge in [-0.2, -0.15) is 0 Å². The number of carbonyl (C=O) groups is 2. The molecule has 2 aromatic carbocycles. The number of amides is 1. The fourth-order valence-electron chi connectivity index (χ4n) is 3.16. The summed E-state index contributed by atoms with van der Waals surface area (Å²) in [5.41, 5.74) is 2.37. The third-order valence-electron chi connectivity index (χ3n) is 4.50. The number of hydrogen-bond acceptors (Lipinski definition) is 3. The van der Waals surface area contributed by atoms with Crippen LogP contribution in [0.4, 0.5) is 4.79 Å². The first-order valence-electron chi connectivity index (χ1n) is 8.60. The van der Waals surface area contributed by atoms with Gasteiger partial charge in [0.05, 0.1) is 22.0 Å². The summed E-state index contributed by atoms with van der Waals surface area (Å²) in [7, 11) is 0. The average Bonchev–Trinajstić information content (AvgIpc) is 3.06. The van der Waals surface area contributed by atoms with E-state index in [1.807, 2.05) is 24.3 Å². The number of ether oxygens (including phenoxy) is 1. The van der Waals surface area contributed by atoms with Crippen molar-refractivity contribution < 1.29 is 14.3 Å². The molecule has 0 aromatic heterocycles. The number of hydrogen-bond donors (Lipinski definition) is 1. The van der Waals surface area contributed by atoms with Crippen molar-refractivity contribution in [2.45, 2.75) is 24.8 Å². The topological polar surface area (TPSA) is 55.4 Å². The maximum atomic E-state index is 13.2. The van der Waals surface area contributed by atoms with Crippen LogP contribution in [-0.2, 0) is 11.2 Å². The zero-order valence-electron chi connectivity index (χ0n) is 14.6. The van der Waals surface area contributed by atoms with Crippen LogP contribution in [0, 0.1) is 0 Å². The number of halogens is 2. The van der Waals surface area contributed by atoms with E-state index in [4.69, 9.17) is 27.9 Å². The Morgan fingerprint density at radius 3 is 2.74 bits per heavy atom. The van der Waals surface area contributed by atoms with Crippen LogP contribution in [-0.4, -0.2) is 24.5 Å². The molecule has 4 nitrogen and oxygen atoms in total. The third-order valence-corrected chi connectivity index (χ3v) is 5.24. The SMILES string of the molecule is C=CC[C@H](C(=O)c1cccc(C[C@H]2COC(=O)N2)c1)c1ccc(Cl)c(Cl)c1. The smallest absolute Gasteiger partial charge is 0.407 e. The normalized spacial score (nSPS) is 17.1. The molecule has 3 rings (SSSR count). The van der Waals surface area contributed by atoms with E-state index in [0.29, 0.717) is 35.1 Å². The Kier molecular flexibility index (Phi) is 6.19. The van der Waals surface area contributed by atoms with Crippen molar-refractivity contribution in [1.29, 1.82) is 0 Å². The number of Topliss-reactive ketones (excluding diaryl/α,β-unsaturated/α-hetero) is 1. The fourth-order valence-corrected chi connectivity index (χ4v) is 3.47. The molecular weight excluding hydrogens is 385 g/mol. The first-order chi connectivity index (χ1) is 13.0. The van der Waals surface area contributed by atoms with Crippen LogP contribution in [0.2, 0.25) is 10.0 Å². The predicted molar refractivity (Wildman–Crippen MR) is 107 cm³/mol. The molecule has 1 aliphatic heterocycles. The quantitative estimate of drug-likeness (QED) is 0.511. The third kappa shape index (κ3) is 4.71. The van der Waals surface area contributed by atoms with E-state index in [1.54, 1.807) is 24.3 Å². The zero-order chi connectivity index (χ0) is 19.4. The average molecular weight is 404 g/mol. The molecule has 0 spiro atoms. The largest absolute Gasteiger partial charge is 0.447 e. The highest BCUT2D eigenvalue weighted by atomic mass is 35.5. The molecule has 140 valence electrons. The van der Waals surface area contributed by atoms with Crippen LogP contribution >= 0.6 is 23.2 Å². The number of allylic oxidation sites excluding steroid dienone is 1. The summed E-state index contributed by atoms with van der Waals surface area (Å²) in [5, 5.41) is 3.62. The lowest BCUT2D eigenvalue weighted by Gasteiger charge is -2.16.